The van der Waals surface area contributed by atoms with Crippen molar-refractivity contribution in [2.75, 3.05) is 19.0 Å². The first kappa shape index (κ1) is 18.4. The number of fused-ring (bicyclic) bond motifs is 1. The zero-order chi connectivity index (χ0) is 18.7. The fraction of sp³-hybridized carbons (Fsp3) is 0.400. The van der Waals surface area contributed by atoms with E-state index < -0.39 is 0 Å². The normalized spacial score (nSPS) is 14.2. The third-order valence-corrected chi connectivity index (χ3v) is 5.95. The summed E-state index contributed by atoms with van der Waals surface area (Å²) in [6, 6.07) is 8.20. The van der Waals surface area contributed by atoms with E-state index in [1.165, 1.54) is 11.3 Å². The largest absolute Gasteiger partial charge is 0.497 e. The third-order valence-electron chi connectivity index (χ3n) is 4.80. The molecule has 0 saturated carbocycles. The molecule has 1 atom stereocenters. The number of thiophene rings is 1. The summed E-state index contributed by atoms with van der Waals surface area (Å²) < 4.78 is 5.30. The maximum atomic E-state index is 12.6. The van der Waals surface area contributed by atoms with Crippen molar-refractivity contribution in [3.05, 3.63) is 45.3 Å². The highest BCUT2D eigenvalue weighted by molar-refractivity contribution is 7.16. The van der Waals surface area contributed by atoms with Crippen LogP contribution >= 0.6 is 11.3 Å². The van der Waals surface area contributed by atoms with Gasteiger partial charge in [-0.2, -0.15) is 5.26 Å². The predicted octanol–water partition coefficient (Wildman–Crippen LogP) is 3.71. The summed E-state index contributed by atoms with van der Waals surface area (Å²) in [6.07, 6.45) is 1.20. The zero-order valence-corrected chi connectivity index (χ0v) is 16.1. The van der Waals surface area contributed by atoms with Gasteiger partial charge in [-0.25, -0.2) is 0 Å². The van der Waals surface area contributed by atoms with Crippen molar-refractivity contribution in [1.82, 2.24) is 5.32 Å². The molecule has 0 spiro atoms. The summed E-state index contributed by atoms with van der Waals surface area (Å²) in [4.78, 5) is 13.7. The summed E-state index contributed by atoms with van der Waals surface area (Å²) in [5, 5.41) is 16.5. The Balaban J connectivity index is 1.73. The fourth-order valence-corrected chi connectivity index (χ4v) is 4.57. The zero-order valence-electron chi connectivity index (χ0n) is 15.3. The fourth-order valence-electron chi connectivity index (χ4n) is 3.38. The smallest absolute Gasteiger partial charge is 0.225 e. The van der Waals surface area contributed by atoms with Crippen LogP contribution in [0.15, 0.2) is 18.2 Å². The van der Waals surface area contributed by atoms with Gasteiger partial charge >= 0.3 is 0 Å². The molecule has 1 aromatic heterocycles. The van der Waals surface area contributed by atoms with Gasteiger partial charge in [0.15, 0.2) is 0 Å². The highest BCUT2D eigenvalue weighted by Gasteiger charge is 2.22. The summed E-state index contributed by atoms with van der Waals surface area (Å²) in [6.45, 7) is 5.72. The first-order valence-electron chi connectivity index (χ1n) is 8.73. The summed E-state index contributed by atoms with van der Waals surface area (Å²) >= 11 is 1.51. The Hall–Kier alpha value is -2.36. The monoisotopic (exact) mass is 369 g/mol. The highest BCUT2D eigenvalue weighted by atomic mass is 32.1. The van der Waals surface area contributed by atoms with Crippen LogP contribution in [0.25, 0.3) is 0 Å². The molecule has 1 aliphatic rings. The molecule has 0 radical (unpaired) electrons. The molecule has 2 heterocycles. The van der Waals surface area contributed by atoms with Crippen molar-refractivity contribution in [3.8, 4) is 11.8 Å². The molecular formula is C20H23N3O2S. The van der Waals surface area contributed by atoms with Crippen molar-refractivity contribution >= 4 is 22.2 Å². The van der Waals surface area contributed by atoms with Crippen LogP contribution in [-0.2, 0) is 17.8 Å². The molecule has 2 aromatic rings. The second-order valence-electron chi connectivity index (χ2n) is 6.62. The number of rotatable bonds is 5. The number of anilines is 1. The first-order valence-corrected chi connectivity index (χ1v) is 9.54. The molecule has 136 valence electrons. The summed E-state index contributed by atoms with van der Waals surface area (Å²) in [7, 11) is 1.64. The van der Waals surface area contributed by atoms with Crippen LogP contribution in [-0.4, -0.2) is 19.6 Å². The maximum Gasteiger partial charge on any atom is 0.225 e. The van der Waals surface area contributed by atoms with Gasteiger partial charge in [-0.05, 0) is 54.6 Å². The Morgan fingerprint density at radius 3 is 3.04 bits per heavy atom. The van der Waals surface area contributed by atoms with Gasteiger partial charge in [0.1, 0.15) is 16.8 Å². The Morgan fingerprint density at radius 1 is 1.50 bits per heavy atom. The van der Waals surface area contributed by atoms with Crippen LogP contribution in [0.4, 0.5) is 5.00 Å². The quantitative estimate of drug-likeness (QED) is 0.842. The van der Waals surface area contributed by atoms with E-state index in [-0.39, 0.29) is 11.8 Å². The number of amides is 1. The number of nitrogens with one attached hydrogen (secondary N) is 2. The molecule has 1 unspecified atom stereocenters. The number of hydrogen-bond acceptors (Lipinski definition) is 5. The molecule has 1 aliphatic heterocycles. The van der Waals surface area contributed by atoms with Crippen LogP contribution in [0.1, 0.15) is 46.4 Å². The number of carbonyl (C=O) groups is 1. The average Bonchev–Trinajstić information content (AvgIpc) is 2.98. The Labute approximate surface area is 158 Å². The van der Waals surface area contributed by atoms with Gasteiger partial charge in [0, 0.05) is 17.8 Å². The van der Waals surface area contributed by atoms with E-state index in [1.807, 2.05) is 32.0 Å². The Kier molecular flexibility index (Phi) is 5.60. The van der Waals surface area contributed by atoms with Gasteiger partial charge in [0.2, 0.25) is 5.91 Å². The van der Waals surface area contributed by atoms with E-state index in [4.69, 9.17) is 4.74 Å². The minimum Gasteiger partial charge on any atom is -0.497 e. The van der Waals surface area contributed by atoms with Gasteiger partial charge in [-0.15, -0.1) is 11.3 Å². The second kappa shape index (κ2) is 7.90. The van der Waals surface area contributed by atoms with Gasteiger partial charge in [-0.3, -0.25) is 4.79 Å². The van der Waals surface area contributed by atoms with Crippen LogP contribution in [0.2, 0.25) is 0 Å². The molecule has 5 nitrogen and oxygen atoms in total. The molecule has 6 heteroatoms. The number of ether oxygens (including phenoxy) is 1. The Bertz CT molecular complexity index is 867. The van der Waals surface area contributed by atoms with E-state index in [9.17, 15) is 10.1 Å². The molecule has 2 N–H and O–H groups in total. The van der Waals surface area contributed by atoms with E-state index >= 15 is 0 Å². The molecule has 3 rings (SSSR count). The average molecular weight is 369 g/mol. The van der Waals surface area contributed by atoms with Crippen molar-refractivity contribution < 1.29 is 9.53 Å². The van der Waals surface area contributed by atoms with E-state index in [0.717, 1.165) is 46.8 Å². The molecule has 0 aliphatic carbocycles. The van der Waals surface area contributed by atoms with Gasteiger partial charge in [0.05, 0.1) is 12.7 Å². The third kappa shape index (κ3) is 3.74. The van der Waals surface area contributed by atoms with Crippen LogP contribution in [0.5, 0.6) is 5.75 Å². The van der Waals surface area contributed by atoms with Gasteiger partial charge in [-0.1, -0.05) is 13.0 Å². The Morgan fingerprint density at radius 2 is 2.31 bits per heavy atom. The number of nitrogens with zero attached hydrogens (tertiary/aromatic N) is 1. The number of hydrogen-bond donors (Lipinski definition) is 2. The lowest BCUT2D eigenvalue weighted by Gasteiger charge is -2.15. The van der Waals surface area contributed by atoms with Crippen molar-refractivity contribution in [1.29, 1.82) is 5.26 Å². The minimum absolute atomic E-state index is 0.0619. The number of nitriles is 1. The van der Waals surface area contributed by atoms with Crippen molar-refractivity contribution in [3.63, 3.8) is 0 Å². The van der Waals surface area contributed by atoms with E-state index in [1.54, 1.807) is 7.11 Å². The number of aryl methyl sites for hydroxylation is 1. The lowest BCUT2D eigenvalue weighted by atomic mass is 9.93. The molecule has 0 fully saturated rings. The maximum absolute atomic E-state index is 12.6. The summed E-state index contributed by atoms with van der Waals surface area (Å²) in [5.41, 5.74) is 3.96. The SMILES string of the molecule is COc1ccc(C)c(C(C)CC(=O)Nc2sc3c(c2C#N)CCNC3)c1. The van der Waals surface area contributed by atoms with Crippen LogP contribution < -0.4 is 15.4 Å². The predicted molar refractivity (Wildman–Crippen MR) is 104 cm³/mol. The van der Waals surface area contributed by atoms with Crippen molar-refractivity contribution in [2.45, 2.75) is 39.2 Å². The van der Waals surface area contributed by atoms with E-state index in [0.29, 0.717) is 17.0 Å². The van der Waals surface area contributed by atoms with Crippen molar-refractivity contribution in [2.24, 2.45) is 0 Å². The van der Waals surface area contributed by atoms with Gasteiger partial charge < -0.3 is 15.4 Å². The molecule has 0 saturated heterocycles. The lowest BCUT2D eigenvalue weighted by Crippen LogP contribution is -2.22. The summed E-state index contributed by atoms with van der Waals surface area (Å²) in [5.74, 6) is 0.790. The molecule has 1 aromatic carbocycles. The topological polar surface area (TPSA) is 74.1 Å². The molecular weight excluding hydrogens is 346 g/mol. The molecule has 26 heavy (non-hydrogen) atoms. The van der Waals surface area contributed by atoms with E-state index in [2.05, 4.69) is 16.7 Å². The highest BCUT2D eigenvalue weighted by Crippen LogP contribution is 2.35. The first-order chi connectivity index (χ1) is 12.5. The standard InChI is InChI=1S/C20H23N3O2S/c1-12-4-5-14(25-3)9-16(12)13(2)8-19(24)23-20-17(10-21)15-6-7-22-11-18(15)26-20/h4-5,9,13,22H,6-8,11H2,1-3H3,(H,23,24). The lowest BCUT2D eigenvalue weighted by molar-refractivity contribution is -0.116. The molecule has 0 bridgehead atoms. The number of benzene rings is 1. The van der Waals surface area contributed by atoms with Crippen LogP contribution in [0.3, 0.4) is 0 Å². The second-order valence-corrected chi connectivity index (χ2v) is 7.73. The molecule has 1 amide bonds. The number of carbonyl (C=O) groups excluding carboxylic acids is 1. The minimum atomic E-state index is -0.0669. The number of methoxy groups -OCH3 is 1. The van der Waals surface area contributed by atoms with Crippen LogP contribution in [0, 0.1) is 18.3 Å². The van der Waals surface area contributed by atoms with Gasteiger partial charge in [0.25, 0.3) is 0 Å².